The van der Waals surface area contributed by atoms with E-state index >= 15 is 0 Å². The molecular formula is C15H19BrN2O. The quantitative estimate of drug-likeness (QED) is 0.916. The summed E-state index contributed by atoms with van der Waals surface area (Å²) in [7, 11) is 2.11. The third kappa shape index (κ3) is 3.93. The predicted molar refractivity (Wildman–Crippen MR) is 80.6 cm³/mol. The first-order valence-corrected chi connectivity index (χ1v) is 7.09. The van der Waals surface area contributed by atoms with Crippen molar-refractivity contribution in [1.29, 1.82) is 0 Å². The Labute approximate surface area is 122 Å². The van der Waals surface area contributed by atoms with Gasteiger partial charge in [-0.1, -0.05) is 28.1 Å². The number of nitrogens with zero attached hydrogens (tertiary/aromatic N) is 1. The van der Waals surface area contributed by atoms with Crippen LogP contribution in [-0.2, 0) is 19.6 Å². The molecule has 19 heavy (non-hydrogen) atoms. The van der Waals surface area contributed by atoms with Crippen LogP contribution in [0.25, 0.3) is 0 Å². The lowest BCUT2D eigenvalue weighted by Gasteiger charge is -2.16. The van der Waals surface area contributed by atoms with Gasteiger partial charge in [0.05, 0.1) is 6.54 Å². The summed E-state index contributed by atoms with van der Waals surface area (Å²) in [6, 6.07) is 10.4. The first-order chi connectivity index (χ1) is 9.08. The van der Waals surface area contributed by atoms with Crippen molar-refractivity contribution in [1.82, 2.24) is 4.90 Å². The lowest BCUT2D eigenvalue weighted by Crippen LogP contribution is -2.17. The van der Waals surface area contributed by atoms with Crippen molar-refractivity contribution in [3.63, 3.8) is 0 Å². The summed E-state index contributed by atoms with van der Waals surface area (Å²) in [6.07, 6.45) is 0. The summed E-state index contributed by atoms with van der Waals surface area (Å²) in [5.41, 5.74) is 8.09. The summed E-state index contributed by atoms with van der Waals surface area (Å²) >= 11 is 3.50. The van der Waals surface area contributed by atoms with Crippen molar-refractivity contribution in [2.45, 2.75) is 26.6 Å². The van der Waals surface area contributed by atoms with Crippen LogP contribution in [0, 0.1) is 6.92 Å². The van der Waals surface area contributed by atoms with Gasteiger partial charge in [0, 0.05) is 23.1 Å². The Balaban J connectivity index is 2.00. The van der Waals surface area contributed by atoms with Crippen molar-refractivity contribution in [2.75, 3.05) is 7.05 Å². The minimum absolute atomic E-state index is 0.455. The van der Waals surface area contributed by atoms with E-state index in [1.165, 1.54) is 11.1 Å². The normalized spacial score (nSPS) is 11.2. The number of furan rings is 1. The van der Waals surface area contributed by atoms with Gasteiger partial charge in [-0.05, 0) is 37.7 Å². The largest absolute Gasteiger partial charge is 0.465 e. The number of nitrogens with two attached hydrogens (primary N) is 1. The Bertz CT molecular complexity index is 551. The molecule has 0 bridgehead atoms. The molecule has 0 aliphatic rings. The smallest absolute Gasteiger partial charge is 0.118 e. The van der Waals surface area contributed by atoms with Crippen LogP contribution in [0.2, 0.25) is 0 Å². The second kappa shape index (κ2) is 6.37. The topological polar surface area (TPSA) is 42.4 Å². The van der Waals surface area contributed by atoms with Gasteiger partial charge >= 0.3 is 0 Å². The first kappa shape index (κ1) is 14.3. The molecule has 1 heterocycles. The van der Waals surface area contributed by atoms with Crippen molar-refractivity contribution in [3.05, 3.63) is 57.5 Å². The third-order valence-electron chi connectivity index (χ3n) is 3.05. The summed E-state index contributed by atoms with van der Waals surface area (Å²) in [6.45, 7) is 4.21. The van der Waals surface area contributed by atoms with Gasteiger partial charge in [0.2, 0.25) is 0 Å². The molecule has 0 aliphatic heterocycles. The molecule has 0 aliphatic carbocycles. The molecule has 0 amide bonds. The highest BCUT2D eigenvalue weighted by molar-refractivity contribution is 9.10. The number of hydrogen-bond donors (Lipinski definition) is 1. The Morgan fingerprint density at radius 3 is 2.68 bits per heavy atom. The number of aryl methyl sites for hydroxylation is 1. The SMILES string of the molecule is Cc1oc(CN)cc1CN(C)Cc1cccc(Br)c1. The number of benzene rings is 1. The Morgan fingerprint density at radius 1 is 1.26 bits per heavy atom. The van der Waals surface area contributed by atoms with E-state index in [0.29, 0.717) is 6.54 Å². The molecule has 0 saturated heterocycles. The van der Waals surface area contributed by atoms with E-state index in [0.717, 1.165) is 29.1 Å². The zero-order chi connectivity index (χ0) is 13.8. The molecule has 0 saturated carbocycles. The number of rotatable bonds is 5. The van der Waals surface area contributed by atoms with Gasteiger partial charge in [0.1, 0.15) is 11.5 Å². The molecule has 0 atom stereocenters. The van der Waals surface area contributed by atoms with E-state index in [-0.39, 0.29) is 0 Å². The molecule has 0 radical (unpaired) electrons. The maximum atomic E-state index is 5.59. The number of halogens is 1. The molecule has 2 rings (SSSR count). The molecule has 3 nitrogen and oxygen atoms in total. The average molecular weight is 323 g/mol. The molecule has 4 heteroatoms. The highest BCUT2D eigenvalue weighted by Gasteiger charge is 2.09. The third-order valence-corrected chi connectivity index (χ3v) is 3.55. The van der Waals surface area contributed by atoms with Crippen LogP contribution in [0.4, 0.5) is 0 Å². The molecule has 0 spiro atoms. The summed E-state index contributed by atoms with van der Waals surface area (Å²) in [4.78, 5) is 2.26. The molecule has 102 valence electrons. The molecule has 2 N–H and O–H groups in total. The van der Waals surface area contributed by atoms with Gasteiger partial charge in [-0.15, -0.1) is 0 Å². The van der Waals surface area contributed by atoms with E-state index in [1.54, 1.807) is 0 Å². The van der Waals surface area contributed by atoms with Gasteiger partial charge < -0.3 is 10.2 Å². The Hall–Kier alpha value is -1.10. The highest BCUT2D eigenvalue weighted by atomic mass is 79.9. The van der Waals surface area contributed by atoms with E-state index in [2.05, 4.69) is 46.1 Å². The summed E-state index contributed by atoms with van der Waals surface area (Å²) in [5, 5.41) is 0. The predicted octanol–water partition coefficient (Wildman–Crippen LogP) is 3.44. The standard InChI is InChI=1S/C15H19BrN2O/c1-11-13(7-15(8-17)19-11)10-18(2)9-12-4-3-5-14(16)6-12/h3-7H,8-10,17H2,1-2H3. The fourth-order valence-electron chi connectivity index (χ4n) is 2.14. The van der Waals surface area contributed by atoms with E-state index in [1.807, 2.05) is 19.1 Å². The molecule has 0 fully saturated rings. The van der Waals surface area contributed by atoms with E-state index in [9.17, 15) is 0 Å². The molecule has 2 aromatic rings. The van der Waals surface area contributed by atoms with Gasteiger partial charge in [-0.3, -0.25) is 4.90 Å². The minimum Gasteiger partial charge on any atom is -0.465 e. The molecule has 0 unspecified atom stereocenters. The Kier molecular flexibility index (Phi) is 4.80. The molecule has 1 aromatic carbocycles. The van der Waals surface area contributed by atoms with Crippen LogP contribution < -0.4 is 5.73 Å². The number of hydrogen-bond acceptors (Lipinski definition) is 3. The zero-order valence-corrected chi connectivity index (χ0v) is 12.9. The van der Waals surface area contributed by atoms with E-state index in [4.69, 9.17) is 10.2 Å². The Morgan fingerprint density at radius 2 is 2.05 bits per heavy atom. The summed E-state index contributed by atoms with van der Waals surface area (Å²) < 4.78 is 6.69. The first-order valence-electron chi connectivity index (χ1n) is 6.29. The van der Waals surface area contributed by atoms with Crippen LogP contribution in [0.3, 0.4) is 0 Å². The van der Waals surface area contributed by atoms with Crippen LogP contribution >= 0.6 is 15.9 Å². The average Bonchev–Trinajstić information content (AvgIpc) is 2.70. The molecule has 1 aromatic heterocycles. The van der Waals surface area contributed by atoms with Crippen molar-refractivity contribution >= 4 is 15.9 Å². The lowest BCUT2D eigenvalue weighted by molar-refractivity contribution is 0.316. The maximum absolute atomic E-state index is 5.59. The van der Waals surface area contributed by atoms with Crippen LogP contribution in [0.1, 0.15) is 22.6 Å². The van der Waals surface area contributed by atoms with Gasteiger partial charge in [-0.2, -0.15) is 0 Å². The van der Waals surface area contributed by atoms with Crippen LogP contribution in [0.5, 0.6) is 0 Å². The fraction of sp³-hybridized carbons (Fsp3) is 0.333. The highest BCUT2D eigenvalue weighted by Crippen LogP contribution is 2.18. The van der Waals surface area contributed by atoms with Crippen molar-refractivity contribution < 1.29 is 4.42 Å². The zero-order valence-electron chi connectivity index (χ0n) is 11.3. The van der Waals surface area contributed by atoms with Gasteiger partial charge in [-0.25, -0.2) is 0 Å². The lowest BCUT2D eigenvalue weighted by atomic mass is 10.2. The van der Waals surface area contributed by atoms with E-state index < -0.39 is 0 Å². The van der Waals surface area contributed by atoms with Gasteiger partial charge in [0.25, 0.3) is 0 Å². The molecular weight excluding hydrogens is 304 g/mol. The van der Waals surface area contributed by atoms with Crippen LogP contribution in [-0.4, -0.2) is 11.9 Å². The second-order valence-corrected chi connectivity index (χ2v) is 5.72. The van der Waals surface area contributed by atoms with Crippen molar-refractivity contribution in [2.24, 2.45) is 5.73 Å². The summed E-state index contributed by atoms with van der Waals surface area (Å²) in [5.74, 6) is 1.81. The maximum Gasteiger partial charge on any atom is 0.118 e. The van der Waals surface area contributed by atoms with Gasteiger partial charge in [0.15, 0.2) is 0 Å². The van der Waals surface area contributed by atoms with Crippen LogP contribution in [0.15, 0.2) is 39.2 Å². The second-order valence-electron chi connectivity index (χ2n) is 4.80. The fourth-order valence-corrected chi connectivity index (χ4v) is 2.59. The monoisotopic (exact) mass is 322 g/mol. The van der Waals surface area contributed by atoms with Crippen molar-refractivity contribution in [3.8, 4) is 0 Å². The minimum atomic E-state index is 0.455.